The van der Waals surface area contributed by atoms with Gasteiger partial charge in [0.25, 0.3) is 0 Å². The van der Waals surface area contributed by atoms with Gasteiger partial charge < -0.3 is 20.6 Å². The maximum atomic E-state index is 8.61. The van der Waals surface area contributed by atoms with Gasteiger partial charge in [0.05, 0.1) is 6.61 Å². The van der Waals surface area contributed by atoms with Crippen LogP contribution < -0.4 is 15.4 Å². The molecule has 1 aromatic heterocycles. The first-order valence-corrected chi connectivity index (χ1v) is 6.37. The van der Waals surface area contributed by atoms with Crippen LogP contribution in [0.2, 0.25) is 0 Å². The summed E-state index contributed by atoms with van der Waals surface area (Å²) in [4.78, 5) is 6.30. The highest BCUT2D eigenvalue weighted by Crippen LogP contribution is 2.26. The van der Waals surface area contributed by atoms with E-state index in [2.05, 4.69) is 17.1 Å². The Morgan fingerprint density at radius 3 is 3.00 bits per heavy atom. The van der Waals surface area contributed by atoms with E-state index in [4.69, 9.17) is 15.7 Å². The summed E-state index contributed by atoms with van der Waals surface area (Å²) in [5.41, 5.74) is 5.53. The quantitative estimate of drug-likeness (QED) is 0.340. The number of nitrogens with zero attached hydrogens (tertiary/aromatic N) is 3. The maximum absolute atomic E-state index is 8.61. The molecule has 6 nitrogen and oxygen atoms in total. The number of oxime groups is 1. The van der Waals surface area contributed by atoms with Gasteiger partial charge in [0.15, 0.2) is 11.6 Å². The van der Waals surface area contributed by atoms with Crippen molar-refractivity contribution in [1.29, 1.82) is 0 Å². The van der Waals surface area contributed by atoms with E-state index in [1.807, 2.05) is 31.0 Å². The predicted molar refractivity (Wildman–Crippen MR) is 75.9 cm³/mol. The minimum absolute atomic E-state index is 0.0507. The van der Waals surface area contributed by atoms with E-state index < -0.39 is 0 Å². The molecule has 0 aliphatic rings. The normalized spacial score (nSPS) is 13.1. The smallest absolute Gasteiger partial charge is 0.171 e. The van der Waals surface area contributed by atoms with Crippen LogP contribution in [0.4, 0.5) is 5.82 Å². The molecule has 0 aliphatic heterocycles. The number of pyridine rings is 1. The molecular weight excluding hydrogens is 244 g/mol. The van der Waals surface area contributed by atoms with Crippen LogP contribution >= 0.6 is 0 Å². The lowest BCUT2D eigenvalue weighted by Crippen LogP contribution is -2.34. The topological polar surface area (TPSA) is 84.0 Å². The maximum Gasteiger partial charge on any atom is 0.171 e. The summed E-state index contributed by atoms with van der Waals surface area (Å²) in [7, 11) is 1.91. The van der Waals surface area contributed by atoms with Crippen LogP contribution in [0.25, 0.3) is 0 Å². The standard InChI is InChI=1S/C13H22N4O2/c1-4-8-19-11-6-5-7-15-13(11)17(3)10(2)9-12(14)16-18/h5-7,10,18H,4,8-9H2,1-3H3,(H2,14,16). The average Bonchev–Trinajstić information content (AvgIpc) is 2.44. The van der Waals surface area contributed by atoms with Gasteiger partial charge in [-0.15, -0.1) is 0 Å². The molecule has 0 amide bonds. The van der Waals surface area contributed by atoms with Crippen molar-refractivity contribution >= 4 is 11.7 Å². The van der Waals surface area contributed by atoms with E-state index in [1.54, 1.807) is 6.20 Å². The second-order valence-electron chi connectivity index (χ2n) is 4.43. The van der Waals surface area contributed by atoms with Crippen molar-refractivity contribution in [1.82, 2.24) is 4.98 Å². The second kappa shape index (κ2) is 7.45. The molecule has 1 heterocycles. The fourth-order valence-electron chi connectivity index (χ4n) is 1.66. The first-order valence-electron chi connectivity index (χ1n) is 6.37. The van der Waals surface area contributed by atoms with Crippen molar-refractivity contribution in [3.05, 3.63) is 18.3 Å². The minimum Gasteiger partial charge on any atom is -0.490 e. The van der Waals surface area contributed by atoms with Gasteiger partial charge in [-0.1, -0.05) is 12.1 Å². The molecule has 1 rings (SSSR count). The molecule has 0 spiro atoms. The van der Waals surface area contributed by atoms with E-state index in [0.29, 0.717) is 13.0 Å². The fraction of sp³-hybridized carbons (Fsp3) is 0.538. The molecule has 0 fully saturated rings. The largest absolute Gasteiger partial charge is 0.490 e. The van der Waals surface area contributed by atoms with Gasteiger partial charge >= 0.3 is 0 Å². The monoisotopic (exact) mass is 266 g/mol. The molecule has 6 heteroatoms. The molecular formula is C13H22N4O2. The van der Waals surface area contributed by atoms with Crippen LogP contribution in [-0.2, 0) is 0 Å². The SMILES string of the molecule is CCCOc1cccnc1N(C)C(C)C/C(N)=N/O. The van der Waals surface area contributed by atoms with E-state index in [9.17, 15) is 0 Å². The van der Waals surface area contributed by atoms with E-state index in [-0.39, 0.29) is 11.9 Å². The third kappa shape index (κ3) is 4.31. The molecule has 0 saturated heterocycles. The molecule has 1 aromatic rings. The van der Waals surface area contributed by atoms with Crippen molar-refractivity contribution in [3.8, 4) is 5.75 Å². The number of hydrogen-bond acceptors (Lipinski definition) is 5. The Bertz CT molecular complexity index is 423. The molecule has 0 radical (unpaired) electrons. The first-order chi connectivity index (χ1) is 9.10. The number of nitrogens with two attached hydrogens (primary N) is 1. The van der Waals surface area contributed by atoms with Gasteiger partial charge in [-0.3, -0.25) is 0 Å². The molecule has 3 N–H and O–H groups in total. The van der Waals surface area contributed by atoms with Crippen LogP contribution in [0.1, 0.15) is 26.7 Å². The molecule has 0 saturated carbocycles. The molecule has 1 atom stereocenters. The van der Waals surface area contributed by atoms with Crippen molar-refractivity contribution in [2.75, 3.05) is 18.6 Å². The van der Waals surface area contributed by atoms with Crippen molar-refractivity contribution in [2.45, 2.75) is 32.7 Å². The van der Waals surface area contributed by atoms with E-state index in [0.717, 1.165) is 18.0 Å². The second-order valence-corrected chi connectivity index (χ2v) is 4.43. The Labute approximate surface area is 113 Å². The van der Waals surface area contributed by atoms with Crippen LogP contribution in [-0.4, -0.2) is 35.7 Å². The summed E-state index contributed by atoms with van der Waals surface area (Å²) < 4.78 is 5.67. The summed E-state index contributed by atoms with van der Waals surface area (Å²) >= 11 is 0. The molecule has 106 valence electrons. The zero-order valence-corrected chi connectivity index (χ0v) is 11.7. The van der Waals surface area contributed by atoms with Gasteiger partial charge in [-0.05, 0) is 25.5 Å². The number of anilines is 1. The minimum atomic E-state index is 0.0507. The Kier molecular flexibility index (Phi) is 5.92. The Hall–Kier alpha value is -1.98. The first kappa shape index (κ1) is 15.1. The summed E-state index contributed by atoms with van der Waals surface area (Å²) in [5, 5.41) is 11.6. The average molecular weight is 266 g/mol. The zero-order valence-electron chi connectivity index (χ0n) is 11.7. The Balaban J connectivity index is 2.83. The Morgan fingerprint density at radius 1 is 1.63 bits per heavy atom. The summed E-state index contributed by atoms with van der Waals surface area (Å²) in [6, 6.07) is 3.79. The van der Waals surface area contributed by atoms with Crippen LogP contribution in [0.3, 0.4) is 0 Å². The van der Waals surface area contributed by atoms with Crippen molar-refractivity contribution in [2.24, 2.45) is 10.9 Å². The van der Waals surface area contributed by atoms with Gasteiger partial charge in [-0.2, -0.15) is 0 Å². The lowest BCUT2D eigenvalue weighted by molar-refractivity contribution is 0.315. The van der Waals surface area contributed by atoms with Crippen molar-refractivity contribution in [3.63, 3.8) is 0 Å². The molecule has 1 unspecified atom stereocenters. The van der Waals surface area contributed by atoms with Gasteiger partial charge in [-0.25, -0.2) is 4.98 Å². The summed E-state index contributed by atoms with van der Waals surface area (Å²) in [5.74, 6) is 1.71. The van der Waals surface area contributed by atoms with Crippen LogP contribution in [0, 0.1) is 0 Å². The third-order valence-electron chi connectivity index (χ3n) is 2.84. The van der Waals surface area contributed by atoms with E-state index >= 15 is 0 Å². The predicted octanol–water partition coefficient (Wildman–Crippen LogP) is 1.83. The number of rotatable bonds is 7. The van der Waals surface area contributed by atoms with E-state index in [1.165, 1.54) is 0 Å². The highest BCUT2D eigenvalue weighted by Gasteiger charge is 2.16. The number of aromatic nitrogens is 1. The van der Waals surface area contributed by atoms with Gasteiger partial charge in [0, 0.05) is 25.7 Å². The number of amidine groups is 1. The molecule has 0 bridgehead atoms. The lowest BCUT2D eigenvalue weighted by atomic mass is 10.2. The summed E-state index contributed by atoms with van der Waals surface area (Å²) in [6.45, 7) is 4.69. The zero-order chi connectivity index (χ0) is 14.3. The summed E-state index contributed by atoms with van der Waals surface area (Å²) in [6.07, 6.45) is 3.12. The molecule has 0 aromatic carbocycles. The third-order valence-corrected chi connectivity index (χ3v) is 2.84. The highest BCUT2D eigenvalue weighted by molar-refractivity contribution is 5.80. The van der Waals surface area contributed by atoms with Gasteiger partial charge in [0.1, 0.15) is 5.84 Å². The molecule has 0 aliphatic carbocycles. The van der Waals surface area contributed by atoms with Gasteiger partial charge in [0.2, 0.25) is 0 Å². The van der Waals surface area contributed by atoms with Crippen molar-refractivity contribution < 1.29 is 9.94 Å². The van der Waals surface area contributed by atoms with Crippen LogP contribution in [0.15, 0.2) is 23.5 Å². The number of ether oxygens (including phenoxy) is 1. The highest BCUT2D eigenvalue weighted by atomic mass is 16.5. The lowest BCUT2D eigenvalue weighted by Gasteiger charge is -2.27. The van der Waals surface area contributed by atoms with Crippen LogP contribution in [0.5, 0.6) is 5.75 Å². The fourth-order valence-corrected chi connectivity index (χ4v) is 1.66. The number of hydrogen-bond donors (Lipinski definition) is 2. The Morgan fingerprint density at radius 2 is 2.37 bits per heavy atom. The molecule has 19 heavy (non-hydrogen) atoms.